The van der Waals surface area contributed by atoms with E-state index in [0.29, 0.717) is 5.75 Å². The number of aryl methyl sites for hydroxylation is 2. The van der Waals surface area contributed by atoms with E-state index in [9.17, 15) is 4.21 Å². The van der Waals surface area contributed by atoms with Crippen molar-refractivity contribution in [3.63, 3.8) is 0 Å². The van der Waals surface area contributed by atoms with Gasteiger partial charge in [0.1, 0.15) is 0 Å². The van der Waals surface area contributed by atoms with E-state index < -0.39 is 10.8 Å². The molecule has 0 aliphatic heterocycles. The second kappa shape index (κ2) is 6.16. The van der Waals surface area contributed by atoms with Gasteiger partial charge in [-0.15, -0.1) is 0 Å². The van der Waals surface area contributed by atoms with Gasteiger partial charge in [0.25, 0.3) is 0 Å². The van der Waals surface area contributed by atoms with Crippen LogP contribution in [0.25, 0.3) is 0 Å². The van der Waals surface area contributed by atoms with Gasteiger partial charge in [0, 0.05) is 28.3 Å². The minimum Gasteiger partial charge on any atom is -0.312 e. The summed E-state index contributed by atoms with van der Waals surface area (Å²) < 4.78 is 11.6. The normalized spacial score (nSPS) is 14.8. The molecule has 1 aromatic carbocycles. The minimum atomic E-state index is -0.732. The highest BCUT2D eigenvalue weighted by Crippen LogP contribution is 2.17. The third-order valence-corrected chi connectivity index (χ3v) is 4.31. The van der Waals surface area contributed by atoms with Crippen LogP contribution in [0.2, 0.25) is 0 Å². The van der Waals surface area contributed by atoms with Crippen LogP contribution in [0, 0.1) is 13.8 Å². The molecule has 0 heterocycles. The molecule has 0 saturated carbocycles. The monoisotopic (exact) mass is 239 g/mol. The quantitative estimate of drug-likeness (QED) is 0.854. The summed E-state index contributed by atoms with van der Waals surface area (Å²) in [5.74, 6) is 1.42. The Kier molecular flexibility index (Phi) is 5.16. The zero-order valence-corrected chi connectivity index (χ0v) is 11.4. The number of rotatable bonds is 5. The molecular formula is C13H21NOS. The van der Waals surface area contributed by atoms with Crippen molar-refractivity contribution in [3.05, 3.63) is 34.9 Å². The van der Waals surface area contributed by atoms with Crippen LogP contribution in [-0.4, -0.2) is 22.8 Å². The number of hydrogen-bond acceptors (Lipinski definition) is 2. The molecule has 0 bridgehead atoms. The largest absolute Gasteiger partial charge is 0.312 e. The Morgan fingerprint density at radius 3 is 2.50 bits per heavy atom. The molecule has 0 saturated heterocycles. The lowest BCUT2D eigenvalue weighted by Gasteiger charge is -2.17. The third-order valence-electron chi connectivity index (χ3n) is 2.96. The van der Waals surface area contributed by atoms with Crippen LogP contribution in [0.3, 0.4) is 0 Å². The van der Waals surface area contributed by atoms with Crippen LogP contribution in [0.15, 0.2) is 18.2 Å². The summed E-state index contributed by atoms with van der Waals surface area (Å²) in [4.78, 5) is 0. The maximum Gasteiger partial charge on any atom is 0.0434 e. The summed E-state index contributed by atoms with van der Waals surface area (Å²) >= 11 is 0. The molecule has 0 aromatic heterocycles. The molecule has 90 valence electrons. The Labute approximate surface area is 101 Å². The van der Waals surface area contributed by atoms with Crippen LogP contribution in [0.4, 0.5) is 0 Å². The second-order valence-electron chi connectivity index (χ2n) is 4.08. The standard InChI is InChI=1S/C13H21NOS/c1-5-16(15)9-13(14-4)12-7-6-10(2)11(3)8-12/h6-8,13-14H,5,9H2,1-4H3. The predicted octanol–water partition coefficient (Wildman–Crippen LogP) is 2.33. The Bertz CT molecular complexity index is 376. The van der Waals surface area contributed by atoms with Crippen LogP contribution in [-0.2, 0) is 10.8 Å². The highest BCUT2D eigenvalue weighted by molar-refractivity contribution is 7.84. The zero-order chi connectivity index (χ0) is 12.1. The highest BCUT2D eigenvalue weighted by atomic mass is 32.2. The van der Waals surface area contributed by atoms with Crippen molar-refractivity contribution < 1.29 is 4.21 Å². The van der Waals surface area contributed by atoms with E-state index in [1.165, 1.54) is 16.7 Å². The molecule has 0 fully saturated rings. The number of nitrogens with one attached hydrogen (secondary N) is 1. The van der Waals surface area contributed by atoms with Crippen LogP contribution < -0.4 is 5.32 Å². The van der Waals surface area contributed by atoms with E-state index in [2.05, 4.69) is 37.4 Å². The molecule has 0 aliphatic carbocycles. The second-order valence-corrected chi connectivity index (χ2v) is 5.87. The first kappa shape index (κ1) is 13.4. The first-order valence-corrected chi connectivity index (χ1v) is 7.16. The molecule has 0 amide bonds. The molecule has 0 aliphatic rings. The zero-order valence-electron chi connectivity index (χ0n) is 10.5. The molecule has 2 unspecified atom stereocenters. The van der Waals surface area contributed by atoms with Gasteiger partial charge in [0.05, 0.1) is 0 Å². The van der Waals surface area contributed by atoms with E-state index >= 15 is 0 Å². The molecule has 2 atom stereocenters. The van der Waals surface area contributed by atoms with Crippen molar-refractivity contribution in [2.75, 3.05) is 18.6 Å². The summed E-state index contributed by atoms with van der Waals surface area (Å²) in [7, 11) is 1.19. The Morgan fingerprint density at radius 2 is 2.00 bits per heavy atom. The molecule has 0 spiro atoms. The highest BCUT2D eigenvalue weighted by Gasteiger charge is 2.12. The van der Waals surface area contributed by atoms with E-state index in [4.69, 9.17) is 0 Å². The molecule has 1 rings (SSSR count). The molecule has 2 nitrogen and oxygen atoms in total. The van der Waals surface area contributed by atoms with Crippen LogP contribution >= 0.6 is 0 Å². The number of benzene rings is 1. The topological polar surface area (TPSA) is 29.1 Å². The minimum absolute atomic E-state index is 0.195. The van der Waals surface area contributed by atoms with E-state index in [-0.39, 0.29) is 6.04 Å². The third kappa shape index (κ3) is 3.42. The predicted molar refractivity (Wildman–Crippen MR) is 71.3 cm³/mol. The van der Waals surface area contributed by atoms with Gasteiger partial charge in [-0.05, 0) is 37.6 Å². The molecule has 3 heteroatoms. The van der Waals surface area contributed by atoms with Gasteiger partial charge in [-0.2, -0.15) is 0 Å². The maximum atomic E-state index is 11.6. The fourth-order valence-corrected chi connectivity index (χ4v) is 2.60. The maximum absolute atomic E-state index is 11.6. The summed E-state index contributed by atoms with van der Waals surface area (Å²) in [6.45, 7) is 6.18. The fraction of sp³-hybridized carbons (Fsp3) is 0.538. The molecule has 1 aromatic rings. The molecular weight excluding hydrogens is 218 g/mol. The van der Waals surface area contributed by atoms with Crippen molar-refractivity contribution >= 4 is 10.8 Å². The van der Waals surface area contributed by atoms with E-state index in [1.807, 2.05) is 14.0 Å². The van der Waals surface area contributed by atoms with Crippen molar-refractivity contribution in [1.82, 2.24) is 5.32 Å². The molecule has 0 radical (unpaired) electrons. The lowest BCUT2D eigenvalue weighted by Crippen LogP contribution is -2.23. The van der Waals surface area contributed by atoms with Crippen molar-refractivity contribution in [2.45, 2.75) is 26.8 Å². The van der Waals surface area contributed by atoms with Gasteiger partial charge in [-0.3, -0.25) is 4.21 Å². The smallest absolute Gasteiger partial charge is 0.0434 e. The van der Waals surface area contributed by atoms with Gasteiger partial charge in [-0.25, -0.2) is 0 Å². The SMILES string of the molecule is CCS(=O)CC(NC)c1ccc(C)c(C)c1. The average Bonchev–Trinajstić information content (AvgIpc) is 2.29. The van der Waals surface area contributed by atoms with Gasteiger partial charge in [0.2, 0.25) is 0 Å². The first-order chi connectivity index (χ1) is 7.58. The molecule has 16 heavy (non-hydrogen) atoms. The summed E-state index contributed by atoms with van der Waals surface area (Å²) in [5, 5.41) is 3.24. The lowest BCUT2D eigenvalue weighted by atomic mass is 10.0. The van der Waals surface area contributed by atoms with E-state index in [1.54, 1.807) is 0 Å². The van der Waals surface area contributed by atoms with E-state index in [0.717, 1.165) is 5.75 Å². The van der Waals surface area contributed by atoms with Gasteiger partial charge in [-0.1, -0.05) is 25.1 Å². The Morgan fingerprint density at radius 1 is 1.31 bits per heavy atom. The van der Waals surface area contributed by atoms with Crippen molar-refractivity contribution in [2.24, 2.45) is 0 Å². The van der Waals surface area contributed by atoms with Crippen molar-refractivity contribution in [1.29, 1.82) is 0 Å². The van der Waals surface area contributed by atoms with Crippen LogP contribution in [0.1, 0.15) is 29.7 Å². The van der Waals surface area contributed by atoms with Crippen molar-refractivity contribution in [3.8, 4) is 0 Å². The summed E-state index contributed by atoms with van der Waals surface area (Å²) in [5.41, 5.74) is 3.82. The first-order valence-electron chi connectivity index (χ1n) is 5.67. The van der Waals surface area contributed by atoms with Crippen LogP contribution in [0.5, 0.6) is 0 Å². The van der Waals surface area contributed by atoms with Gasteiger partial charge in [0.15, 0.2) is 0 Å². The lowest BCUT2D eigenvalue weighted by molar-refractivity contribution is 0.636. The average molecular weight is 239 g/mol. The van der Waals surface area contributed by atoms with Gasteiger partial charge >= 0.3 is 0 Å². The summed E-state index contributed by atoms with van der Waals surface area (Å²) in [6.07, 6.45) is 0. The Balaban J connectivity index is 2.86. The van der Waals surface area contributed by atoms with Gasteiger partial charge < -0.3 is 5.32 Å². The summed E-state index contributed by atoms with van der Waals surface area (Å²) in [6, 6.07) is 6.63. The Hall–Kier alpha value is -0.670. The fourth-order valence-electron chi connectivity index (χ4n) is 1.63. The molecule has 1 N–H and O–H groups in total. The number of hydrogen-bond donors (Lipinski definition) is 1.